The van der Waals surface area contributed by atoms with E-state index in [1.165, 1.54) is 6.33 Å². The van der Waals surface area contributed by atoms with Crippen LogP contribution in [0.1, 0.15) is 18.5 Å². The molecular formula is C12H19N3O2. The van der Waals surface area contributed by atoms with Crippen molar-refractivity contribution < 1.29 is 9.47 Å². The zero-order chi connectivity index (χ0) is 12.1. The van der Waals surface area contributed by atoms with Gasteiger partial charge < -0.3 is 15.2 Å². The molecule has 1 fully saturated rings. The summed E-state index contributed by atoms with van der Waals surface area (Å²) in [5.74, 6) is 1.12. The summed E-state index contributed by atoms with van der Waals surface area (Å²) in [6.07, 6.45) is 4.38. The Hall–Kier alpha value is -1.20. The van der Waals surface area contributed by atoms with Gasteiger partial charge in [-0.15, -0.1) is 0 Å². The van der Waals surface area contributed by atoms with Crippen LogP contribution in [0.25, 0.3) is 0 Å². The Morgan fingerprint density at radius 1 is 1.47 bits per heavy atom. The van der Waals surface area contributed by atoms with Gasteiger partial charge in [0.2, 0.25) is 5.88 Å². The minimum atomic E-state index is 0.138. The summed E-state index contributed by atoms with van der Waals surface area (Å²) in [5.41, 5.74) is 7.16. The molecule has 2 N–H and O–H groups in total. The van der Waals surface area contributed by atoms with Crippen molar-refractivity contribution >= 4 is 0 Å². The van der Waals surface area contributed by atoms with Crippen LogP contribution >= 0.6 is 0 Å². The highest BCUT2D eigenvalue weighted by molar-refractivity contribution is 5.14. The fraction of sp³-hybridized carbons (Fsp3) is 0.667. The largest absolute Gasteiger partial charge is 0.481 e. The normalized spacial score (nSPS) is 18.9. The van der Waals surface area contributed by atoms with Gasteiger partial charge in [-0.25, -0.2) is 9.97 Å². The highest BCUT2D eigenvalue weighted by Gasteiger charge is 2.21. The molecular weight excluding hydrogens is 218 g/mol. The molecule has 0 aromatic carbocycles. The molecule has 1 aliphatic heterocycles. The van der Waals surface area contributed by atoms with Crippen molar-refractivity contribution in [3.8, 4) is 5.88 Å². The quantitative estimate of drug-likeness (QED) is 0.838. The number of nitrogens with zero attached hydrogens (tertiary/aromatic N) is 2. The van der Waals surface area contributed by atoms with Crippen LogP contribution in [0.15, 0.2) is 12.4 Å². The van der Waals surface area contributed by atoms with Crippen molar-refractivity contribution in [2.24, 2.45) is 11.7 Å². The molecule has 0 aliphatic carbocycles. The predicted octanol–water partition coefficient (Wildman–Crippen LogP) is 0.782. The average Bonchev–Trinajstić information content (AvgIpc) is 2.40. The first-order valence-electron chi connectivity index (χ1n) is 5.98. The molecule has 17 heavy (non-hydrogen) atoms. The van der Waals surface area contributed by atoms with E-state index in [1.807, 2.05) is 6.07 Å². The van der Waals surface area contributed by atoms with E-state index in [4.69, 9.17) is 15.2 Å². The van der Waals surface area contributed by atoms with Crippen molar-refractivity contribution in [1.82, 2.24) is 9.97 Å². The van der Waals surface area contributed by atoms with Gasteiger partial charge in [0, 0.05) is 37.4 Å². The van der Waals surface area contributed by atoms with Gasteiger partial charge in [-0.05, 0) is 18.8 Å². The van der Waals surface area contributed by atoms with Gasteiger partial charge >= 0.3 is 0 Å². The van der Waals surface area contributed by atoms with E-state index in [9.17, 15) is 0 Å². The van der Waals surface area contributed by atoms with Crippen molar-refractivity contribution in [3.63, 3.8) is 0 Å². The fourth-order valence-corrected chi connectivity index (χ4v) is 2.15. The van der Waals surface area contributed by atoms with Gasteiger partial charge in [0.15, 0.2) is 0 Å². The summed E-state index contributed by atoms with van der Waals surface area (Å²) in [6.45, 7) is 1.65. The Kier molecular flexibility index (Phi) is 4.28. The third-order valence-electron chi connectivity index (χ3n) is 3.22. The third-order valence-corrected chi connectivity index (χ3v) is 3.22. The van der Waals surface area contributed by atoms with Crippen molar-refractivity contribution in [2.45, 2.75) is 25.3 Å². The molecule has 2 rings (SSSR count). The molecule has 1 aromatic heterocycles. The van der Waals surface area contributed by atoms with Crippen LogP contribution in [0.5, 0.6) is 5.88 Å². The van der Waals surface area contributed by atoms with Crippen LogP contribution in [0.4, 0.5) is 0 Å². The lowest BCUT2D eigenvalue weighted by molar-refractivity contribution is 0.0584. The standard InChI is InChI=1S/C12H19N3O2/c1-16-12-7-10(14-8-15-12)6-11(13)9-2-4-17-5-3-9/h7-9,11H,2-6,13H2,1H3. The van der Waals surface area contributed by atoms with Gasteiger partial charge in [0.05, 0.1) is 7.11 Å². The number of hydrogen-bond acceptors (Lipinski definition) is 5. The molecule has 0 saturated carbocycles. The maximum absolute atomic E-state index is 6.22. The molecule has 1 atom stereocenters. The second kappa shape index (κ2) is 5.93. The van der Waals surface area contributed by atoms with Crippen LogP contribution in [0.2, 0.25) is 0 Å². The molecule has 1 aliphatic rings. The fourth-order valence-electron chi connectivity index (χ4n) is 2.15. The van der Waals surface area contributed by atoms with Gasteiger partial charge in [0.25, 0.3) is 0 Å². The van der Waals surface area contributed by atoms with Gasteiger partial charge in [-0.1, -0.05) is 0 Å². The van der Waals surface area contributed by atoms with Crippen LogP contribution in [-0.4, -0.2) is 36.3 Å². The lowest BCUT2D eigenvalue weighted by Gasteiger charge is -2.27. The van der Waals surface area contributed by atoms with E-state index < -0.39 is 0 Å². The molecule has 5 nitrogen and oxygen atoms in total. The topological polar surface area (TPSA) is 70.3 Å². The molecule has 0 radical (unpaired) electrons. The summed E-state index contributed by atoms with van der Waals surface area (Å²) < 4.78 is 10.4. The van der Waals surface area contributed by atoms with Crippen LogP contribution < -0.4 is 10.5 Å². The van der Waals surface area contributed by atoms with Gasteiger partial charge in [0.1, 0.15) is 6.33 Å². The first kappa shape index (κ1) is 12.3. The highest BCUT2D eigenvalue weighted by Crippen LogP contribution is 2.20. The first-order valence-corrected chi connectivity index (χ1v) is 5.98. The third kappa shape index (κ3) is 3.38. The maximum atomic E-state index is 6.22. The molecule has 0 spiro atoms. The smallest absolute Gasteiger partial charge is 0.216 e. The second-order valence-corrected chi connectivity index (χ2v) is 4.37. The molecule has 2 heterocycles. The second-order valence-electron chi connectivity index (χ2n) is 4.37. The number of ether oxygens (including phenoxy) is 2. The minimum absolute atomic E-state index is 0.138. The maximum Gasteiger partial charge on any atom is 0.216 e. The van der Waals surface area contributed by atoms with Crippen LogP contribution in [0.3, 0.4) is 0 Å². The van der Waals surface area contributed by atoms with E-state index in [-0.39, 0.29) is 6.04 Å². The Labute approximate surface area is 101 Å². The lowest BCUT2D eigenvalue weighted by Crippen LogP contribution is -2.36. The lowest BCUT2D eigenvalue weighted by atomic mass is 9.89. The summed E-state index contributed by atoms with van der Waals surface area (Å²) in [5, 5.41) is 0. The zero-order valence-corrected chi connectivity index (χ0v) is 10.1. The first-order chi connectivity index (χ1) is 8.29. The van der Waals surface area contributed by atoms with E-state index in [0.29, 0.717) is 11.8 Å². The zero-order valence-electron chi connectivity index (χ0n) is 10.1. The van der Waals surface area contributed by atoms with Crippen molar-refractivity contribution in [1.29, 1.82) is 0 Å². The summed E-state index contributed by atoms with van der Waals surface area (Å²) >= 11 is 0. The number of methoxy groups -OCH3 is 1. The Morgan fingerprint density at radius 2 is 2.24 bits per heavy atom. The molecule has 1 saturated heterocycles. The highest BCUT2D eigenvalue weighted by atomic mass is 16.5. The average molecular weight is 237 g/mol. The molecule has 5 heteroatoms. The van der Waals surface area contributed by atoms with E-state index in [1.54, 1.807) is 7.11 Å². The number of nitrogens with two attached hydrogens (primary N) is 1. The Balaban J connectivity index is 1.94. The molecule has 0 amide bonds. The summed E-state index contributed by atoms with van der Waals surface area (Å²) in [6, 6.07) is 1.98. The molecule has 1 unspecified atom stereocenters. The molecule has 1 aromatic rings. The number of aromatic nitrogens is 2. The van der Waals surface area contributed by atoms with Crippen LogP contribution in [0, 0.1) is 5.92 Å². The Bertz CT molecular complexity index is 353. The molecule has 94 valence electrons. The van der Waals surface area contributed by atoms with Crippen molar-refractivity contribution in [3.05, 3.63) is 18.1 Å². The molecule has 0 bridgehead atoms. The van der Waals surface area contributed by atoms with E-state index in [2.05, 4.69) is 9.97 Å². The van der Waals surface area contributed by atoms with Crippen molar-refractivity contribution in [2.75, 3.05) is 20.3 Å². The van der Waals surface area contributed by atoms with Gasteiger partial charge in [-0.2, -0.15) is 0 Å². The Morgan fingerprint density at radius 3 is 2.94 bits per heavy atom. The van der Waals surface area contributed by atoms with Gasteiger partial charge in [-0.3, -0.25) is 0 Å². The predicted molar refractivity (Wildman–Crippen MR) is 63.8 cm³/mol. The van der Waals surface area contributed by atoms with E-state index >= 15 is 0 Å². The summed E-state index contributed by atoms with van der Waals surface area (Å²) in [7, 11) is 1.60. The number of rotatable bonds is 4. The minimum Gasteiger partial charge on any atom is -0.481 e. The van der Waals surface area contributed by atoms with Crippen LogP contribution in [-0.2, 0) is 11.2 Å². The van der Waals surface area contributed by atoms with E-state index in [0.717, 1.165) is 38.2 Å². The number of hydrogen-bond donors (Lipinski definition) is 1. The SMILES string of the molecule is COc1cc(CC(N)C2CCOCC2)ncn1. The summed E-state index contributed by atoms with van der Waals surface area (Å²) in [4.78, 5) is 8.20. The monoisotopic (exact) mass is 237 g/mol.